The molecular weight excluding hydrogens is 320 g/mol. The van der Waals surface area contributed by atoms with Crippen molar-refractivity contribution in [1.82, 2.24) is 9.29 Å². The first-order valence-corrected chi connectivity index (χ1v) is 10.8. The molecule has 2 aliphatic carbocycles. The fourth-order valence-corrected chi connectivity index (χ4v) is 6.51. The van der Waals surface area contributed by atoms with Gasteiger partial charge in [0.05, 0.1) is 10.2 Å². The van der Waals surface area contributed by atoms with E-state index in [1.165, 1.54) is 73.2 Å². The van der Waals surface area contributed by atoms with Crippen LogP contribution in [0, 0.1) is 0 Å². The molecule has 4 rings (SSSR count). The Labute approximate surface area is 150 Å². The van der Waals surface area contributed by atoms with Crippen molar-refractivity contribution in [3.8, 4) is 0 Å². The number of para-hydroxylation sites is 1. The monoisotopic (exact) mass is 350 g/mol. The third-order valence-electron chi connectivity index (χ3n) is 5.33. The minimum atomic E-state index is 0. The molecule has 1 heterocycles. The lowest BCUT2D eigenvalue weighted by Crippen LogP contribution is -2.40. The maximum Gasteiger partial charge on any atom is 0.166 e. The summed E-state index contributed by atoms with van der Waals surface area (Å²) in [6.07, 6.45) is 14.0. The second-order valence-electron chi connectivity index (χ2n) is 6.98. The molecule has 0 bridgehead atoms. The third kappa shape index (κ3) is 3.75. The molecule has 0 amide bonds. The van der Waals surface area contributed by atoms with Crippen molar-refractivity contribution in [1.29, 1.82) is 0 Å². The van der Waals surface area contributed by atoms with Crippen molar-refractivity contribution in [2.24, 2.45) is 0 Å². The molecule has 2 saturated carbocycles. The average molecular weight is 351 g/mol. The number of aromatic nitrogens is 1. The van der Waals surface area contributed by atoms with Gasteiger partial charge in [0, 0.05) is 14.9 Å². The smallest absolute Gasteiger partial charge is 0.166 e. The maximum atomic E-state index is 4.88. The molecule has 23 heavy (non-hydrogen) atoms. The first-order chi connectivity index (χ1) is 11.4. The van der Waals surface area contributed by atoms with Crippen molar-refractivity contribution >= 4 is 33.5 Å². The standard InChI is InChI=1S/C19H26N2S2.2H2/c1-3-9-15(10-4-1)21(16-11-5-2-6-12-16)23-19-20-17-13-7-8-14-18(17)22-19;;/h7-8,13-16H,1-6,9-12H2;2*1H. The zero-order chi connectivity index (χ0) is 15.5. The van der Waals surface area contributed by atoms with Gasteiger partial charge < -0.3 is 0 Å². The van der Waals surface area contributed by atoms with Gasteiger partial charge in [-0.1, -0.05) is 50.7 Å². The van der Waals surface area contributed by atoms with Gasteiger partial charge in [-0.05, 0) is 49.8 Å². The predicted molar refractivity (Wildman–Crippen MR) is 105 cm³/mol. The fourth-order valence-electron chi connectivity index (χ4n) is 4.10. The summed E-state index contributed by atoms with van der Waals surface area (Å²) in [5, 5.41) is 0. The van der Waals surface area contributed by atoms with Crippen LogP contribution in [0.4, 0.5) is 0 Å². The molecule has 1 aromatic carbocycles. The molecule has 2 fully saturated rings. The minimum absolute atomic E-state index is 0. The first kappa shape index (κ1) is 15.9. The molecule has 4 heteroatoms. The molecule has 0 unspecified atom stereocenters. The van der Waals surface area contributed by atoms with Crippen LogP contribution in [0.1, 0.15) is 67.1 Å². The molecule has 2 aromatic rings. The van der Waals surface area contributed by atoms with Crippen molar-refractivity contribution in [3.63, 3.8) is 0 Å². The molecule has 0 spiro atoms. The van der Waals surface area contributed by atoms with Crippen molar-refractivity contribution in [3.05, 3.63) is 24.3 Å². The van der Waals surface area contributed by atoms with E-state index in [0.29, 0.717) is 0 Å². The highest BCUT2D eigenvalue weighted by Gasteiger charge is 2.30. The molecule has 0 atom stereocenters. The van der Waals surface area contributed by atoms with Gasteiger partial charge in [-0.2, -0.15) is 0 Å². The molecule has 128 valence electrons. The van der Waals surface area contributed by atoms with E-state index >= 15 is 0 Å². The van der Waals surface area contributed by atoms with E-state index in [0.717, 1.165) is 17.6 Å². The lowest BCUT2D eigenvalue weighted by molar-refractivity contribution is 0.185. The van der Waals surface area contributed by atoms with Gasteiger partial charge in [0.15, 0.2) is 4.34 Å². The van der Waals surface area contributed by atoms with E-state index in [1.807, 2.05) is 23.3 Å². The van der Waals surface area contributed by atoms with E-state index < -0.39 is 0 Å². The van der Waals surface area contributed by atoms with E-state index in [-0.39, 0.29) is 2.85 Å². The summed E-state index contributed by atoms with van der Waals surface area (Å²) < 4.78 is 5.33. The number of benzene rings is 1. The van der Waals surface area contributed by atoms with Gasteiger partial charge >= 0.3 is 0 Å². The van der Waals surface area contributed by atoms with E-state index in [2.05, 4.69) is 28.6 Å². The molecule has 0 N–H and O–H groups in total. The van der Waals surface area contributed by atoms with Crippen LogP contribution in [0.25, 0.3) is 10.2 Å². The minimum Gasteiger partial charge on any atom is -0.238 e. The number of thiazole rings is 1. The molecule has 2 nitrogen and oxygen atoms in total. The van der Waals surface area contributed by atoms with Gasteiger partial charge in [0.2, 0.25) is 0 Å². The van der Waals surface area contributed by atoms with E-state index in [4.69, 9.17) is 4.98 Å². The Morgan fingerprint density at radius 1 is 0.913 bits per heavy atom. The Morgan fingerprint density at radius 3 is 2.13 bits per heavy atom. The Kier molecular flexibility index (Phi) is 5.22. The Hall–Kier alpha value is -0.580. The summed E-state index contributed by atoms with van der Waals surface area (Å²) in [5.41, 5.74) is 1.16. The lowest BCUT2D eigenvalue weighted by atomic mass is 9.91. The van der Waals surface area contributed by atoms with Gasteiger partial charge in [-0.25, -0.2) is 9.29 Å². The van der Waals surface area contributed by atoms with Crippen LogP contribution in [0.15, 0.2) is 28.6 Å². The van der Waals surface area contributed by atoms with Crippen LogP contribution < -0.4 is 0 Å². The largest absolute Gasteiger partial charge is 0.238 e. The van der Waals surface area contributed by atoms with Crippen LogP contribution in [-0.4, -0.2) is 21.4 Å². The fraction of sp³-hybridized carbons (Fsp3) is 0.632. The number of hydrogen-bond acceptors (Lipinski definition) is 4. The third-order valence-corrected chi connectivity index (χ3v) is 7.69. The number of rotatable bonds is 4. The zero-order valence-electron chi connectivity index (χ0n) is 13.7. The number of nitrogens with zero attached hydrogens (tertiary/aromatic N) is 2. The highest BCUT2D eigenvalue weighted by molar-refractivity contribution is 7.99. The van der Waals surface area contributed by atoms with Crippen LogP contribution >= 0.6 is 23.3 Å². The normalized spacial score (nSPS) is 21.3. The number of fused-ring (bicyclic) bond motifs is 1. The van der Waals surface area contributed by atoms with E-state index in [1.54, 1.807) is 0 Å². The maximum absolute atomic E-state index is 4.88. The Balaban J connectivity index is 0.00000113. The van der Waals surface area contributed by atoms with E-state index in [9.17, 15) is 0 Å². The summed E-state index contributed by atoms with van der Waals surface area (Å²) in [6, 6.07) is 10.1. The lowest BCUT2D eigenvalue weighted by Gasteiger charge is -2.40. The van der Waals surface area contributed by atoms with Crippen LogP contribution in [0.5, 0.6) is 0 Å². The highest BCUT2D eigenvalue weighted by atomic mass is 32.2. The summed E-state index contributed by atoms with van der Waals surface area (Å²) in [7, 11) is 0. The second-order valence-corrected chi connectivity index (χ2v) is 9.26. The van der Waals surface area contributed by atoms with Crippen molar-refractivity contribution < 1.29 is 2.85 Å². The van der Waals surface area contributed by atoms with Gasteiger partial charge in [-0.15, -0.1) is 11.3 Å². The SMILES string of the molecule is [HH].[HH].c1ccc2sc(SN(C3CCCCC3)C3CCCCC3)nc2c1. The Bertz CT molecular complexity index is 586. The quantitative estimate of drug-likeness (QED) is 0.566. The molecule has 0 saturated heterocycles. The first-order valence-electron chi connectivity index (χ1n) is 9.22. The average Bonchev–Trinajstić information content (AvgIpc) is 3.04. The van der Waals surface area contributed by atoms with Crippen LogP contribution in [-0.2, 0) is 0 Å². The predicted octanol–water partition coefficient (Wildman–Crippen LogP) is 6.76. The highest BCUT2D eigenvalue weighted by Crippen LogP contribution is 2.40. The van der Waals surface area contributed by atoms with Crippen LogP contribution in [0.3, 0.4) is 0 Å². The summed E-state index contributed by atoms with van der Waals surface area (Å²) in [5.74, 6) is 0. The van der Waals surface area contributed by atoms with Crippen molar-refractivity contribution in [2.45, 2.75) is 80.6 Å². The number of hydrogen-bond donors (Lipinski definition) is 0. The van der Waals surface area contributed by atoms with Gasteiger partial charge in [-0.3, -0.25) is 0 Å². The Morgan fingerprint density at radius 2 is 1.52 bits per heavy atom. The van der Waals surface area contributed by atoms with Gasteiger partial charge in [0.25, 0.3) is 0 Å². The molecule has 0 aliphatic heterocycles. The summed E-state index contributed by atoms with van der Waals surface area (Å²) in [4.78, 5) is 4.88. The molecular formula is C19H30N2S2. The molecule has 1 aromatic heterocycles. The molecule has 0 radical (unpaired) electrons. The second kappa shape index (κ2) is 7.54. The van der Waals surface area contributed by atoms with Crippen LogP contribution in [0.2, 0.25) is 0 Å². The zero-order valence-corrected chi connectivity index (χ0v) is 15.4. The molecule has 2 aliphatic rings. The van der Waals surface area contributed by atoms with Gasteiger partial charge in [0.1, 0.15) is 0 Å². The topological polar surface area (TPSA) is 16.1 Å². The van der Waals surface area contributed by atoms with Crippen molar-refractivity contribution in [2.75, 3.05) is 0 Å². The summed E-state index contributed by atoms with van der Waals surface area (Å²) >= 11 is 3.83. The summed E-state index contributed by atoms with van der Waals surface area (Å²) in [6.45, 7) is 0.